The molecule has 1 saturated heterocycles. The molecule has 1 aliphatic heterocycles. The van der Waals surface area contributed by atoms with Crippen molar-refractivity contribution in [3.05, 3.63) is 53.9 Å². The van der Waals surface area contributed by atoms with Crippen LogP contribution in [-0.2, 0) is 18.4 Å². The minimum absolute atomic E-state index is 0.0344. The summed E-state index contributed by atoms with van der Waals surface area (Å²) < 4.78 is 7.85. The maximum Gasteiger partial charge on any atom is 0.132 e. The van der Waals surface area contributed by atoms with Crippen molar-refractivity contribution in [3.63, 3.8) is 0 Å². The molecule has 1 aromatic carbocycles. The number of anilines is 1. The molecule has 1 fully saturated rings. The molecule has 3 heterocycles. The van der Waals surface area contributed by atoms with Gasteiger partial charge in [-0.15, -0.1) is 0 Å². The van der Waals surface area contributed by atoms with E-state index in [1.165, 1.54) is 0 Å². The molecule has 3 aromatic rings. The van der Waals surface area contributed by atoms with E-state index in [1.54, 1.807) is 0 Å². The average Bonchev–Trinajstić information content (AvgIpc) is 3.12. The minimum atomic E-state index is -0.0344. The van der Waals surface area contributed by atoms with Gasteiger partial charge in [-0.25, -0.2) is 4.98 Å². The van der Waals surface area contributed by atoms with E-state index in [0.717, 1.165) is 53.8 Å². The molecule has 26 heavy (non-hydrogen) atoms. The average molecular weight is 352 g/mol. The summed E-state index contributed by atoms with van der Waals surface area (Å²) in [5.41, 5.74) is 2.86. The lowest BCUT2D eigenvalue weighted by Gasteiger charge is -2.31. The predicted molar refractivity (Wildman–Crippen MR) is 101 cm³/mol. The zero-order chi connectivity index (χ0) is 17.9. The summed E-state index contributed by atoms with van der Waals surface area (Å²) in [6.45, 7) is 1.50. The van der Waals surface area contributed by atoms with E-state index in [9.17, 15) is 5.11 Å². The molecular weight excluding hydrogens is 328 g/mol. The number of hydrogen-bond acceptors (Lipinski definition) is 5. The molecule has 0 aliphatic carbocycles. The van der Waals surface area contributed by atoms with Crippen molar-refractivity contribution in [3.8, 4) is 0 Å². The number of aliphatic hydroxyl groups is 1. The molecule has 4 rings (SSSR count). The fraction of sp³-hybridized carbons (Fsp3) is 0.400. The van der Waals surface area contributed by atoms with E-state index in [-0.39, 0.29) is 12.7 Å². The minimum Gasteiger partial charge on any atom is -0.392 e. The second-order valence-corrected chi connectivity index (χ2v) is 6.87. The van der Waals surface area contributed by atoms with Crippen LogP contribution >= 0.6 is 0 Å². The number of aliphatic hydroxyl groups excluding tert-OH is 1. The van der Waals surface area contributed by atoms with E-state index < -0.39 is 0 Å². The second kappa shape index (κ2) is 7.43. The Balaban J connectivity index is 1.54. The first-order chi connectivity index (χ1) is 12.7. The van der Waals surface area contributed by atoms with E-state index in [2.05, 4.69) is 10.4 Å². The maximum atomic E-state index is 9.73. The number of nitrogens with zero attached hydrogens (tertiary/aromatic N) is 3. The Morgan fingerprint density at radius 1 is 1.35 bits per heavy atom. The first-order valence-corrected chi connectivity index (χ1v) is 9.08. The van der Waals surface area contributed by atoms with Gasteiger partial charge in [0.05, 0.1) is 24.4 Å². The zero-order valence-electron chi connectivity index (χ0n) is 14.9. The first-order valence-electron chi connectivity index (χ1n) is 9.08. The monoisotopic (exact) mass is 352 g/mol. The van der Waals surface area contributed by atoms with Crippen molar-refractivity contribution in [2.45, 2.75) is 25.6 Å². The second-order valence-electron chi connectivity index (χ2n) is 6.87. The highest BCUT2D eigenvalue weighted by Gasteiger charge is 2.28. The highest BCUT2D eigenvalue weighted by Crippen LogP contribution is 2.34. The SMILES string of the molecule is Cn1cc([C@@H]2OCCC[C@H]2CNc2nc3ccccc3cc2CO)cn1. The molecule has 136 valence electrons. The van der Waals surface area contributed by atoms with Crippen molar-refractivity contribution in [1.29, 1.82) is 0 Å². The zero-order valence-corrected chi connectivity index (χ0v) is 14.9. The molecule has 6 nitrogen and oxygen atoms in total. The Morgan fingerprint density at radius 2 is 2.23 bits per heavy atom. The van der Waals surface area contributed by atoms with Crippen molar-refractivity contribution < 1.29 is 9.84 Å². The summed E-state index contributed by atoms with van der Waals surface area (Å²) in [4.78, 5) is 4.70. The number of rotatable bonds is 5. The van der Waals surface area contributed by atoms with Crippen molar-refractivity contribution in [2.24, 2.45) is 13.0 Å². The molecule has 6 heteroatoms. The van der Waals surface area contributed by atoms with Gasteiger partial charge < -0.3 is 15.2 Å². The molecule has 2 aromatic heterocycles. The van der Waals surface area contributed by atoms with Gasteiger partial charge in [0.1, 0.15) is 5.82 Å². The maximum absolute atomic E-state index is 9.73. The fourth-order valence-corrected chi connectivity index (χ4v) is 3.67. The normalized spacial score (nSPS) is 20.4. The van der Waals surface area contributed by atoms with Gasteiger partial charge in [0.15, 0.2) is 0 Å². The number of aryl methyl sites for hydroxylation is 1. The Kier molecular flexibility index (Phi) is 4.86. The Morgan fingerprint density at radius 3 is 3.04 bits per heavy atom. The number of ether oxygens (including phenoxy) is 1. The Hall–Kier alpha value is -2.44. The highest BCUT2D eigenvalue weighted by atomic mass is 16.5. The molecule has 2 atom stereocenters. The van der Waals surface area contributed by atoms with Crippen LogP contribution in [0.5, 0.6) is 0 Å². The van der Waals surface area contributed by atoms with Crippen molar-refractivity contribution in [1.82, 2.24) is 14.8 Å². The van der Waals surface area contributed by atoms with Gasteiger partial charge in [-0.05, 0) is 25.0 Å². The molecule has 0 spiro atoms. The lowest BCUT2D eigenvalue weighted by molar-refractivity contribution is -0.0239. The smallest absolute Gasteiger partial charge is 0.132 e. The summed E-state index contributed by atoms with van der Waals surface area (Å²) in [5.74, 6) is 1.09. The van der Waals surface area contributed by atoms with Crippen LogP contribution in [0.4, 0.5) is 5.82 Å². The summed E-state index contributed by atoms with van der Waals surface area (Å²) in [6.07, 6.45) is 6.10. The van der Waals surface area contributed by atoms with Crippen LogP contribution in [-0.4, -0.2) is 33.0 Å². The standard InChI is InChI=1S/C20H24N4O2/c1-24-12-17(11-22-24)19-15(6-4-8-26-19)10-21-20-16(13-25)9-14-5-2-3-7-18(14)23-20/h2-3,5,7,9,11-12,15,19,25H,4,6,8,10,13H2,1H3,(H,21,23)/t15-,19+/m0/s1. The Labute approximate surface area is 152 Å². The lowest BCUT2D eigenvalue weighted by Crippen LogP contribution is -2.28. The van der Waals surface area contributed by atoms with E-state index in [0.29, 0.717) is 5.92 Å². The van der Waals surface area contributed by atoms with Crippen LogP contribution in [0.2, 0.25) is 0 Å². The topological polar surface area (TPSA) is 72.2 Å². The predicted octanol–water partition coefficient (Wildman–Crippen LogP) is 3.04. The van der Waals surface area contributed by atoms with Gasteiger partial charge in [0.25, 0.3) is 0 Å². The molecule has 0 unspecified atom stereocenters. The molecule has 0 bridgehead atoms. The van der Waals surface area contributed by atoms with Crippen molar-refractivity contribution in [2.75, 3.05) is 18.5 Å². The van der Waals surface area contributed by atoms with E-state index in [1.807, 2.05) is 54.5 Å². The van der Waals surface area contributed by atoms with Gasteiger partial charge in [-0.1, -0.05) is 18.2 Å². The van der Waals surface area contributed by atoms with Gasteiger partial charge in [-0.2, -0.15) is 5.10 Å². The molecule has 2 N–H and O–H groups in total. The van der Waals surface area contributed by atoms with E-state index in [4.69, 9.17) is 9.72 Å². The van der Waals surface area contributed by atoms with E-state index >= 15 is 0 Å². The van der Waals surface area contributed by atoms with Crippen LogP contribution < -0.4 is 5.32 Å². The van der Waals surface area contributed by atoms with Gasteiger partial charge >= 0.3 is 0 Å². The summed E-state index contributed by atoms with van der Waals surface area (Å²) in [7, 11) is 1.92. The highest BCUT2D eigenvalue weighted by molar-refractivity contribution is 5.81. The first kappa shape index (κ1) is 17.0. The summed E-state index contributed by atoms with van der Waals surface area (Å²) in [5, 5.41) is 18.5. The van der Waals surface area contributed by atoms with Crippen LogP contribution in [0.3, 0.4) is 0 Å². The lowest BCUT2D eigenvalue weighted by atomic mass is 9.91. The third-order valence-corrected chi connectivity index (χ3v) is 5.00. The number of aromatic nitrogens is 3. The van der Waals surface area contributed by atoms with Crippen LogP contribution in [0.25, 0.3) is 10.9 Å². The number of benzene rings is 1. The van der Waals surface area contributed by atoms with Crippen molar-refractivity contribution >= 4 is 16.7 Å². The number of fused-ring (bicyclic) bond motifs is 1. The van der Waals surface area contributed by atoms with Gasteiger partial charge in [0, 0.05) is 48.8 Å². The number of nitrogens with one attached hydrogen (secondary N) is 1. The largest absolute Gasteiger partial charge is 0.392 e. The molecule has 0 radical (unpaired) electrons. The molecular formula is C20H24N4O2. The Bertz CT molecular complexity index is 892. The number of para-hydroxylation sites is 1. The van der Waals surface area contributed by atoms with Gasteiger partial charge in [0.2, 0.25) is 0 Å². The third kappa shape index (κ3) is 3.43. The quantitative estimate of drug-likeness (QED) is 0.738. The fourth-order valence-electron chi connectivity index (χ4n) is 3.67. The van der Waals surface area contributed by atoms with Gasteiger partial charge in [-0.3, -0.25) is 4.68 Å². The number of hydrogen-bond donors (Lipinski definition) is 2. The van der Waals surface area contributed by atoms with Crippen LogP contribution in [0.15, 0.2) is 42.7 Å². The molecule has 1 aliphatic rings. The number of pyridine rings is 1. The van der Waals surface area contributed by atoms with Crippen LogP contribution in [0.1, 0.15) is 30.1 Å². The molecule has 0 amide bonds. The van der Waals surface area contributed by atoms with Crippen LogP contribution in [0, 0.1) is 5.92 Å². The summed E-state index contributed by atoms with van der Waals surface area (Å²) >= 11 is 0. The third-order valence-electron chi connectivity index (χ3n) is 5.00. The summed E-state index contributed by atoms with van der Waals surface area (Å²) in [6, 6.07) is 9.96. The molecule has 0 saturated carbocycles.